The van der Waals surface area contributed by atoms with E-state index in [1.54, 1.807) is 26.4 Å². The van der Waals surface area contributed by atoms with Gasteiger partial charge in [-0.15, -0.1) is 24.0 Å². The van der Waals surface area contributed by atoms with E-state index < -0.39 is 0 Å². The molecule has 0 fully saturated rings. The van der Waals surface area contributed by atoms with E-state index >= 15 is 0 Å². The number of guanidine groups is 1. The number of ether oxygens (including phenoxy) is 3. The van der Waals surface area contributed by atoms with Gasteiger partial charge >= 0.3 is 0 Å². The second kappa shape index (κ2) is 12.6. The van der Waals surface area contributed by atoms with Crippen LogP contribution in [-0.4, -0.2) is 39.4 Å². The lowest BCUT2D eigenvalue weighted by Crippen LogP contribution is -2.34. The minimum Gasteiger partial charge on any atom is -0.493 e. The predicted octanol–water partition coefficient (Wildman–Crippen LogP) is 3.89. The highest BCUT2D eigenvalue weighted by Gasteiger charge is 2.06. The Balaban J connectivity index is 0.00000392. The molecule has 6 nitrogen and oxygen atoms in total. The van der Waals surface area contributed by atoms with E-state index in [1.165, 1.54) is 0 Å². The van der Waals surface area contributed by atoms with Crippen molar-refractivity contribution < 1.29 is 14.2 Å². The number of hydrogen-bond acceptors (Lipinski definition) is 4. The van der Waals surface area contributed by atoms with Gasteiger partial charge in [0.1, 0.15) is 11.9 Å². The van der Waals surface area contributed by atoms with Gasteiger partial charge < -0.3 is 25.3 Å². The first kappa shape index (κ1) is 24.2. The van der Waals surface area contributed by atoms with Gasteiger partial charge in [0.2, 0.25) is 0 Å². The molecule has 8 heteroatoms. The van der Waals surface area contributed by atoms with Gasteiger partial charge in [0.05, 0.1) is 20.8 Å². The number of nitrogens with one attached hydrogen (secondary N) is 1. The lowest BCUT2D eigenvalue weighted by atomic mass is 10.1. The van der Waals surface area contributed by atoms with Crippen molar-refractivity contribution in [1.82, 2.24) is 5.32 Å². The largest absolute Gasteiger partial charge is 0.493 e. The molecule has 28 heavy (non-hydrogen) atoms. The first-order chi connectivity index (χ1) is 13.0. The van der Waals surface area contributed by atoms with Crippen molar-refractivity contribution >= 4 is 41.5 Å². The summed E-state index contributed by atoms with van der Waals surface area (Å²) in [5.41, 5.74) is 7.04. The highest BCUT2D eigenvalue weighted by atomic mass is 127. The van der Waals surface area contributed by atoms with Crippen LogP contribution in [0.15, 0.2) is 47.5 Å². The second-order valence-corrected chi connectivity index (χ2v) is 6.41. The Hall–Kier alpha value is -1.87. The molecule has 0 saturated heterocycles. The number of hydrogen-bond donors (Lipinski definition) is 2. The SMILES string of the molecule is COc1ccc(CCNC(N)=NCC(C)Oc2cccc(Cl)c2)cc1OC.I. The lowest BCUT2D eigenvalue weighted by molar-refractivity contribution is 0.230. The van der Waals surface area contributed by atoms with Crippen LogP contribution in [0, 0.1) is 0 Å². The molecule has 0 saturated carbocycles. The summed E-state index contributed by atoms with van der Waals surface area (Å²) in [6.45, 7) is 3.04. The molecular weight excluding hydrogens is 493 g/mol. The standard InChI is InChI=1S/C20H26ClN3O3.HI/c1-14(27-17-6-4-5-16(21)12-17)13-24-20(22)23-10-9-15-7-8-18(25-2)19(11-15)26-3;/h4-8,11-12,14H,9-10,13H2,1-3H3,(H3,22,23,24);1H. The lowest BCUT2D eigenvalue weighted by Gasteiger charge is -2.13. The first-order valence-electron chi connectivity index (χ1n) is 8.68. The zero-order valence-corrected chi connectivity index (χ0v) is 19.4. The molecule has 0 amide bonds. The Morgan fingerprint density at radius 1 is 1.14 bits per heavy atom. The van der Waals surface area contributed by atoms with Crippen LogP contribution in [0.2, 0.25) is 5.02 Å². The molecule has 0 heterocycles. The summed E-state index contributed by atoms with van der Waals surface area (Å²) in [5.74, 6) is 2.52. The molecular formula is C20H27ClIN3O3. The summed E-state index contributed by atoms with van der Waals surface area (Å²) in [6.07, 6.45) is 0.667. The van der Waals surface area contributed by atoms with E-state index in [1.807, 2.05) is 37.3 Å². The normalized spacial score (nSPS) is 11.9. The van der Waals surface area contributed by atoms with E-state index in [9.17, 15) is 0 Å². The van der Waals surface area contributed by atoms with Crippen LogP contribution in [0.3, 0.4) is 0 Å². The molecule has 0 aliphatic rings. The quantitative estimate of drug-likeness (QED) is 0.299. The third-order valence-electron chi connectivity index (χ3n) is 3.82. The van der Waals surface area contributed by atoms with E-state index in [2.05, 4.69) is 10.3 Å². The number of benzene rings is 2. The Labute approximate surface area is 188 Å². The van der Waals surface area contributed by atoms with Crippen LogP contribution in [-0.2, 0) is 6.42 Å². The summed E-state index contributed by atoms with van der Waals surface area (Å²) < 4.78 is 16.3. The monoisotopic (exact) mass is 519 g/mol. The van der Waals surface area contributed by atoms with E-state index in [4.69, 9.17) is 31.5 Å². The van der Waals surface area contributed by atoms with E-state index in [-0.39, 0.29) is 30.1 Å². The van der Waals surface area contributed by atoms with E-state index in [0.717, 1.165) is 12.0 Å². The van der Waals surface area contributed by atoms with Crippen LogP contribution in [0.5, 0.6) is 17.2 Å². The van der Waals surface area contributed by atoms with Gasteiger partial charge in [-0.05, 0) is 49.2 Å². The summed E-state index contributed by atoms with van der Waals surface area (Å²) in [5, 5.41) is 3.74. The number of methoxy groups -OCH3 is 2. The van der Waals surface area contributed by atoms with Crippen molar-refractivity contribution in [2.45, 2.75) is 19.4 Å². The van der Waals surface area contributed by atoms with Gasteiger partial charge in [0.25, 0.3) is 0 Å². The summed E-state index contributed by atoms with van der Waals surface area (Å²) >= 11 is 5.95. The number of rotatable bonds is 9. The molecule has 1 atom stereocenters. The van der Waals surface area contributed by atoms with E-state index in [0.29, 0.717) is 41.3 Å². The fourth-order valence-electron chi connectivity index (χ4n) is 2.46. The molecule has 0 aliphatic carbocycles. The molecule has 3 N–H and O–H groups in total. The Morgan fingerprint density at radius 2 is 1.89 bits per heavy atom. The van der Waals surface area contributed by atoms with Crippen molar-refractivity contribution in [3.8, 4) is 17.2 Å². The molecule has 0 bridgehead atoms. The average Bonchev–Trinajstić information content (AvgIpc) is 2.66. The maximum atomic E-state index is 5.95. The highest BCUT2D eigenvalue weighted by molar-refractivity contribution is 14.0. The molecule has 0 aliphatic heterocycles. The Morgan fingerprint density at radius 3 is 2.57 bits per heavy atom. The van der Waals surface area contributed by atoms with Gasteiger partial charge in [-0.25, -0.2) is 4.99 Å². The Bertz CT molecular complexity index is 774. The van der Waals surface area contributed by atoms with Crippen molar-refractivity contribution in [3.63, 3.8) is 0 Å². The van der Waals surface area contributed by atoms with Gasteiger partial charge in [-0.1, -0.05) is 23.7 Å². The van der Waals surface area contributed by atoms with Crippen molar-refractivity contribution in [1.29, 1.82) is 0 Å². The summed E-state index contributed by atoms with van der Waals surface area (Å²) in [6, 6.07) is 13.1. The fraction of sp³-hybridized carbons (Fsp3) is 0.350. The number of nitrogens with zero attached hydrogens (tertiary/aromatic N) is 1. The van der Waals surface area contributed by atoms with Crippen molar-refractivity contribution in [2.24, 2.45) is 10.7 Å². The van der Waals surface area contributed by atoms with Crippen LogP contribution in [0.25, 0.3) is 0 Å². The predicted molar refractivity (Wildman–Crippen MR) is 125 cm³/mol. The number of nitrogens with two attached hydrogens (primary N) is 1. The van der Waals surface area contributed by atoms with Crippen LogP contribution < -0.4 is 25.3 Å². The molecule has 1 unspecified atom stereocenters. The summed E-state index contributed by atoms with van der Waals surface area (Å²) in [4.78, 5) is 4.32. The molecule has 0 spiro atoms. The van der Waals surface area contributed by atoms with Gasteiger partial charge in [0, 0.05) is 11.6 Å². The van der Waals surface area contributed by atoms with Crippen LogP contribution in [0.4, 0.5) is 0 Å². The second-order valence-electron chi connectivity index (χ2n) is 5.98. The highest BCUT2D eigenvalue weighted by Crippen LogP contribution is 2.27. The van der Waals surface area contributed by atoms with Crippen molar-refractivity contribution in [2.75, 3.05) is 27.3 Å². The number of halogens is 2. The van der Waals surface area contributed by atoms with Crippen LogP contribution in [0.1, 0.15) is 12.5 Å². The fourth-order valence-corrected chi connectivity index (χ4v) is 2.64. The molecule has 2 aromatic rings. The maximum absolute atomic E-state index is 5.95. The molecule has 2 rings (SSSR count). The van der Waals surface area contributed by atoms with Gasteiger partial charge in [0.15, 0.2) is 17.5 Å². The molecule has 154 valence electrons. The number of aliphatic imine (C=N–C) groups is 1. The zero-order valence-electron chi connectivity index (χ0n) is 16.3. The van der Waals surface area contributed by atoms with Gasteiger partial charge in [-0.3, -0.25) is 0 Å². The van der Waals surface area contributed by atoms with Crippen LogP contribution >= 0.6 is 35.6 Å². The summed E-state index contributed by atoms with van der Waals surface area (Å²) in [7, 11) is 3.24. The Kier molecular flexibility index (Phi) is 10.8. The minimum absolute atomic E-state index is 0. The molecule has 0 radical (unpaired) electrons. The molecule has 2 aromatic carbocycles. The van der Waals surface area contributed by atoms with Crippen molar-refractivity contribution in [3.05, 3.63) is 53.1 Å². The topological polar surface area (TPSA) is 78.1 Å². The van der Waals surface area contributed by atoms with Gasteiger partial charge in [-0.2, -0.15) is 0 Å². The smallest absolute Gasteiger partial charge is 0.188 e. The average molecular weight is 520 g/mol. The third kappa shape index (κ3) is 8.02. The minimum atomic E-state index is -0.116. The molecule has 0 aromatic heterocycles. The third-order valence-corrected chi connectivity index (χ3v) is 4.05. The zero-order chi connectivity index (χ0) is 19.6. The maximum Gasteiger partial charge on any atom is 0.188 e. The first-order valence-corrected chi connectivity index (χ1v) is 9.06.